The molecule has 20 heavy (non-hydrogen) atoms. The molecule has 2 nitrogen and oxygen atoms in total. The number of hydrogen-bond acceptors (Lipinski definition) is 2. The van der Waals surface area contributed by atoms with Crippen LogP contribution >= 0.6 is 0 Å². The minimum absolute atomic E-state index is 0. The second-order valence-corrected chi connectivity index (χ2v) is 5.98. The molecule has 2 fully saturated rings. The molecule has 3 unspecified atom stereocenters. The molecular weight excluding hydrogens is 424 g/mol. The first-order valence-corrected chi connectivity index (χ1v) is 7.27. The van der Waals surface area contributed by atoms with E-state index in [1.165, 1.54) is 36.9 Å². The van der Waals surface area contributed by atoms with E-state index in [4.69, 9.17) is 0 Å². The molecule has 0 spiro atoms. The molecule has 0 N–H and O–H groups in total. The van der Waals surface area contributed by atoms with Crippen molar-refractivity contribution in [2.24, 2.45) is 11.8 Å². The summed E-state index contributed by atoms with van der Waals surface area (Å²) in [5, 5.41) is 0. The maximum absolute atomic E-state index is 4.55. The number of aromatic nitrogens is 2. The Morgan fingerprint density at radius 3 is 2.50 bits per heavy atom. The number of benzene rings is 1. The van der Waals surface area contributed by atoms with Crippen molar-refractivity contribution in [3.63, 3.8) is 0 Å². The predicted molar refractivity (Wildman–Crippen MR) is 75.7 cm³/mol. The molecule has 105 valence electrons. The number of nitrogens with zero attached hydrogens (tertiary/aromatic N) is 2. The van der Waals surface area contributed by atoms with Crippen LogP contribution in [0.15, 0.2) is 42.7 Å². The molecule has 1 aromatic heterocycles. The quantitative estimate of drug-likeness (QED) is 0.702. The summed E-state index contributed by atoms with van der Waals surface area (Å²) < 4.78 is 0. The summed E-state index contributed by atoms with van der Waals surface area (Å²) in [4.78, 5) is 8.99. The Bertz CT molecular complexity index is 585. The van der Waals surface area contributed by atoms with Crippen molar-refractivity contribution in [2.45, 2.75) is 31.6 Å². The van der Waals surface area contributed by atoms with Gasteiger partial charge in [-0.1, -0.05) is 36.8 Å². The Morgan fingerprint density at radius 2 is 1.80 bits per heavy atom. The molecule has 3 atom stereocenters. The summed E-state index contributed by atoms with van der Waals surface area (Å²) in [6, 6.07) is 12.6. The van der Waals surface area contributed by atoms with Crippen LogP contribution in [-0.2, 0) is 20.1 Å². The zero-order valence-electron chi connectivity index (χ0n) is 11.3. The van der Waals surface area contributed by atoms with Gasteiger partial charge in [0.1, 0.15) is 6.33 Å². The second-order valence-electron chi connectivity index (χ2n) is 5.98. The Morgan fingerprint density at radius 1 is 0.950 bits per heavy atom. The first-order valence-electron chi connectivity index (χ1n) is 7.27. The zero-order chi connectivity index (χ0) is 12.7. The van der Waals surface area contributed by atoms with E-state index in [0.29, 0.717) is 5.92 Å². The first-order chi connectivity index (χ1) is 9.40. The first kappa shape index (κ1) is 13.9. The van der Waals surface area contributed by atoms with Crippen LogP contribution in [-0.4, -0.2) is 9.97 Å². The van der Waals surface area contributed by atoms with Gasteiger partial charge >= 0.3 is 0 Å². The maximum Gasteiger partial charge on any atom is 0.116 e. The Kier molecular flexibility index (Phi) is 4.00. The van der Waals surface area contributed by atoms with Gasteiger partial charge in [0.25, 0.3) is 0 Å². The molecule has 1 heterocycles. The van der Waals surface area contributed by atoms with Crippen molar-refractivity contribution >= 4 is 0 Å². The van der Waals surface area contributed by atoms with Crippen LogP contribution in [0.5, 0.6) is 0 Å². The fourth-order valence-corrected chi connectivity index (χ4v) is 3.95. The van der Waals surface area contributed by atoms with Crippen molar-refractivity contribution in [2.75, 3.05) is 0 Å². The second kappa shape index (κ2) is 5.75. The van der Waals surface area contributed by atoms with Gasteiger partial charge in [0.2, 0.25) is 0 Å². The number of fused-ring (bicyclic) bond motifs is 2. The smallest absolute Gasteiger partial charge is 0.116 e. The topological polar surface area (TPSA) is 25.8 Å². The largest absolute Gasteiger partial charge is 0.241 e. The van der Waals surface area contributed by atoms with E-state index in [1.54, 1.807) is 6.33 Å². The fraction of sp³-hybridized carbons (Fsp3) is 0.412. The summed E-state index contributed by atoms with van der Waals surface area (Å²) in [5.74, 6) is 2.53. The third-order valence-electron chi connectivity index (χ3n) is 4.88. The molecule has 3 heteroatoms. The van der Waals surface area contributed by atoms with Gasteiger partial charge in [-0.3, -0.25) is 0 Å². The Balaban J connectivity index is 0.00000121. The molecule has 2 aromatic rings. The standard InChI is InChI=1S/C17H18N2.Ir/c1-2-4-13(5-3-1)16-10-17(19-11-18-16)15-9-12-6-7-14(15)8-12;/h1-5,10-12,14-15H,6-9H2;. The Hall–Kier alpha value is -1.05. The van der Waals surface area contributed by atoms with Crippen molar-refractivity contribution < 1.29 is 20.1 Å². The van der Waals surface area contributed by atoms with Crippen molar-refractivity contribution in [3.8, 4) is 11.3 Å². The molecular formula is C17H18IrN2. The Labute approximate surface area is 133 Å². The van der Waals surface area contributed by atoms with Gasteiger partial charge in [-0.25, -0.2) is 9.97 Å². The monoisotopic (exact) mass is 443 g/mol. The van der Waals surface area contributed by atoms with Gasteiger partial charge in [0, 0.05) is 37.3 Å². The van der Waals surface area contributed by atoms with Gasteiger partial charge in [0.15, 0.2) is 0 Å². The predicted octanol–water partition coefficient (Wildman–Crippen LogP) is 4.04. The molecule has 0 saturated heterocycles. The van der Waals surface area contributed by atoms with Gasteiger partial charge in [-0.15, -0.1) is 0 Å². The summed E-state index contributed by atoms with van der Waals surface area (Å²) >= 11 is 0. The van der Waals surface area contributed by atoms with Crippen molar-refractivity contribution in [3.05, 3.63) is 48.4 Å². The third-order valence-corrected chi connectivity index (χ3v) is 4.88. The zero-order valence-corrected chi connectivity index (χ0v) is 13.7. The molecule has 0 aliphatic heterocycles. The molecule has 2 saturated carbocycles. The van der Waals surface area contributed by atoms with Crippen molar-refractivity contribution in [1.82, 2.24) is 9.97 Å². The minimum atomic E-state index is 0. The molecule has 2 aliphatic carbocycles. The van der Waals surface area contributed by atoms with E-state index < -0.39 is 0 Å². The van der Waals surface area contributed by atoms with Gasteiger partial charge in [-0.2, -0.15) is 0 Å². The van der Waals surface area contributed by atoms with Gasteiger partial charge < -0.3 is 0 Å². The molecule has 1 aromatic carbocycles. The molecule has 0 amide bonds. The van der Waals surface area contributed by atoms with E-state index >= 15 is 0 Å². The van der Waals surface area contributed by atoms with E-state index in [0.717, 1.165) is 17.5 Å². The summed E-state index contributed by atoms with van der Waals surface area (Å²) in [5.41, 5.74) is 3.52. The summed E-state index contributed by atoms with van der Waals surface area (Å²) in [6.07, 6.45) is 7.35. The minimum Gasteiger partial charge on any atom is -0.241 e. The fourth-order valence-electron chi connectivity index (χ4n) is 3.95. The summed E-state index contributed by atoms with van der Waals surface area (Å²) in [6.45, 7) is 0. The van der Waals surface area contributed by atoms with Crippen LogP contribution < -0.4 is 0 Å². The van der Waals surface area contributed by atoms with Crippen LogP contribution in [0, 0.1) is 11.8 Å². The molecule has 2 aliphatic rings. The van der Waals surface area contributed by atoms with Gasteiger partial charge in [0.05, 0.1) is 5.69 Å². The third kappa shape index (κ3) is 2.45. The van der Waals surface area contributed by atoms with Crippen LogP contribution in [0.3, 0.4) is 0 Å². The van der Waals surface area contributed by atoms with E-state index in [-0.39, 0.29) is 20.1 Å². The van der Waals surface area contributed by atoms with E-state index in [2.05, 4.69) is 40.3 Å². The van der Waals surface area contributed by atoms with E-state index in [9.17, 15) is 0 Å². The SMILES string of the molecule is [Ir].c1ccc(-c2cc(C3CC4CCC3C4)ncn2)cc1. The number of hydrogen-bond donors (Lipinski definition) is 0. The van der Waals surface area contributed by atoms with E-state index in [1.807, 2.05) is 6.07 Å². The van der Waals surface area contributed by atoms with Crippen LogP contribution in [0.4, 0.5) is 0 Å². The van der Waals surface area contributed by atoms with Crippen LogP contribution in [0.25, 0.3) is 11.3 Å². The van der Waals surface area contributed by atoms with Crippen LogP contribution in [0.1, 0.15) is 37.3 Å². The average Bonchev–Trinajstić information content (AvgIpc) is 3.11. The number of rotatable bonds is 2. The van der Waals surface area contributed by atoms with Crippen molar-refractivity contribution in [1.29, 1.82) is 0 Å². The summed E-state index contributed by atoms with van der Waals surface area (Å²) in [7, 11) is 0. The molecule has 2 bridgehead atoms. The average molecular weight is 443 g/mol. The molecule has 4 rings (SSSR count). The van der Waals surface area contributed by atoms with Gasteiger partial charge in [-0.05, 0) is 37.2 Å². The normalized spacial score (nSPS) is 27.3. The maximum atomic E-state index is 4.55. The molecule has 1 radical (unpaired) electrons. The van der Waals surface area contributed by atoms with Crippen LogP contribution in [0.2, 0.25) is 0 Å².